The number of imide groups is 1. The molecule has 0 aliphatic carbocycles. The first-order valence-electron chi connectivity index (χ1n) is 11.4. The molecule has 1 fully saturated rings. The van der Waals surface area contributed by atoms with Crippen LogP contribution in [0.15, 0.2) is 78.9 Å². The van der Waals surface area contributed by atoms with Gasteiger partial charge in [-0.25, -0.2) is 14.5 Å². The van der Waals surface area contributed by atoms with E-state index in [2.05, 4.69) is 12.1 Å². The fourth-order valence-corrected chi connectivity index (χ4v) is 4.23. The van der Waals surface area contributed by atoms with Crippen molar-refractivity contribution in [1.29, 1.82) is 0 Å². The number of carbonyl (C=O) groups is 3. The smallest absolute Gasteiger partial charge is 0.340 e. The minimum atomic E-state index is -1.08. The van der Waals surface area contributed by atoms with E-state index < -0.39 is 17.5 Å². The Morgan fingerprint density at radius 2 is 1.47 bits per heavy atom. The van der Waals surface area contributed by atoms with Crippen molar-refractivity contribution in [3.05, 3.63) is 101 Å². The van der Waals surface area contributed by atoms with Crippen molar-refractivity contribution in [2.45, 2.75) is 39.3 Å². The average molecular weight is 457 g/mol. The monoisotopic (exact) mass is 456 g/mol. The van der Waals surface area contributed by atoms with Crippen molar-refractivity contribution in [2.24, 2.45) is 0 Å². The zero-order valence-electron chi connectivity index (χ0n) is 19.7. The molecule has 0 spiro atoms. The van der Waals surface area contributed by atoms with Crippen LogP contribution in [0.5, 0.6) is 0 Å². The molecule has 0 aromatic heterocycles. The van der Waals surface area contributed by atoms with Crippen molar-refractivity contribution in [2.75, 3.05) is 11.5 Å². The van der Waals surface area contributed by atoms with E-state index in [0.29, 0.717) is 0 Å². The summed E-state index contributed by atoms with van der Waals surface area (Å²) in [5.74, 6) is -0.946. The molecule has 0 atom stereocenters. The highest BCUT2D eigenvalue weighted by molar-refractivity contribution is 6.24. The van der Waals surface area contributed by atoms with Crippen LogP contribution in [0.2, 0.25) is 0 Å². The van der Waals surface area contributed by atoms with Crippen molar-refractivity contribution in [3.8, 4) is 0 Å². The van der Waals surface area contributed by atoms with Crippen LogP contribution in [0.25, 0.3) is 0 Å². The lowest BCUT2D eigenvalue weighted by Crippen LogP contribution is -2.43. The Kier molecular flexibility index (Phi) is 6.50. The summed E-state index contributed by atoms with van der Waals surface area (Å²) in [6, 6.07) is 24.2. The van der Waals surface area contributed by atoms with Crippen LogP contribution >= 0.6 is 0 Å². The lowest BCUT2D eigenvalue weighted by molar-refractivity contribution is -0.123. The number of rotatable bonds is 7. The van der Waals surface area contributed by atoms with Gasteiger partial charge in [-0.1, -0.05) is 66.7 Å². The summed E-state index contributed by atoms with van der Waals surface area (Å²) in [4.78, 5) is 42.3. The SMILES string of the molecule is CCOC(=O)c1ccccc1N1C(=O)N(Cc2ccccc2Cc2ccccc2)C(C)(C)C1=O. The van der Waals surface area contributed by atoms with Crippen LogP contribution < -0.4 is 4.90 Å². The number of nitrogens with zero attached hydrogens (tertiary/aromatic N) is 2. The largest absolute Gasteiger partial charge is 0.462 e. The van der Waals surface area contributed by atoms with Crippen molar-refractivity contribution in [3.63, 3.8) is 0 Å². The van der Waals surface area contributed by atoms with E-state index in [-0.39, 0.29) is 30.3 Å². The predicted octanol–water partition coefficient (Wildman–Crippen LogP) is 5.20. The average Bonchev–Trinajstić information content (AvgIpc) is 3.00. The zero-order chi connectivity index (χ0) is 24.3. The molecule has 34 heavy (non-hydrogen) atoms. The molecule has 1 aliphatic rings. The maximum atomic E-state index is 13.6. The van der Waals surface area contributed by atoms with Crippen LogP contribution in [-0.4, -0.2) is 35.0 Å². The van der Waals surface area contributed by atoms with Gasteiger partial charge in [-0.05, 0) is 56.0 Å². The maximum Gasteiger partial charge on any atom is 0.340 e. The van der Waals surface area contributed by atoms with Crippen LogP contribution in [-0.2, 0) is 22.5 Å². The van der Waals surface area contributed by atoms with Gasteiger partial charge in [0.2, 0.25) is 0 Å². The van der Waals surface area contributed by atoms with E-state index in [4.69, 9.17) is 4.74 Å². The second-order valence-electron chi connectivity index (χ2n) is 8.74. The minimum Gasteiger partial charge on any atom is -0.462 e. The van der Waals surface area contributed by atoms with Gasteiger partial charge in [0, 0.05) is 6.54 Å². The molecule has 6 nitrogen and oxygen atoms in total. The Labute approximate surface area is 199 Å². The quantitative estimate of drug-likeness (QED) is 0.362. The second-order valence-corrected chi connectivity index (χ2v) is 8.74. The molecule has 3 aromatic rings. The van der Waals surface area contributed by atoms with Crippen LogP contribution in [0, 0.1) is 0 Å². The number of amides is 3. The summed E-state index contributed by atoms with van der Waals surface area (Å²) >= 11 is 0. The number of anilines is 1. The molecule has 1 aliphatic heterocycles. The molecule has 0 radical (unpaired) electrons. The van der Waals surface area contributed by atoms with Gasteiger partial charge in [-0.15, -0.1) is 0 Å². The van der Waals surface area contributed by atoms with Gasteiger partial charge in [0.1, 0.15) is 5.54 Å². The number of para-hydroxylation sites is 1. The minimum absolute atomic E-state index is 0.188. The fraction of sp³-hybridized carbons (Fsp3) is 0.250. The van der Waals surface area contributed by atoms with Gasteiger partial charge >= 0.3 is 12.0 Å². The van der Waals surface area contributed by atoms with E-state index in [9.17, 15) is 14.4 Å². The Hall–Kier alpha value is -3.93. The molecule has 3 amide bonds. The van der Waals surface area contributed by atoms with Gasteiger partial charge in [0.05, 0.1) is 17.9 Å². The van der Waals surface area contributed by atoms with Gasteiger partial charge in [-0.3, -0.25) is 4.79 Å². The van der Waals surface area contributed by atoms with E-state index in [0.717, 1.165) is 22.4 Å². The summed E-state index contributed by atoms with van der Waals surface area (Å²) in [5, 5.41) is 0. The molecular weight excluding hydrogens is 428 g/mol. The van der Waals surface area contributed by atoms with Crippen molar-refractivity contribution in [1.82, 2.24) is 4.90 Å². The summed E-state index contributed by atoms with van der Waals surface area (Å²) < 4.78 is 5.14. The highest BCUT2D eigenvalue weighted by Crippen LogP contribution is 2.35. The van der Waals surface area contributed by atoms with Crippen molar-refractivity contribution < 1.29 is 19.1 Å². The Bertz CT molecular complexity index is 1220. The summed E-state index contributed by atoms with van der Waals surface area (Å²) in [6.07, 6.45) is 0.725. The molecule has 3 aromatic carbocycles. The molecule has 174 valence electrons. The molecule has 0 N–H and O–H groups in total. The number of hydrogen-bond donors (Lipinski definition) is 0. The molecular formula is C28H28N2O4. The summed E-state index contributed by atoms with van der Waals surface area (Å²) in [5.41, 5.74) is 2.58. The van der Waals surface area contributed by atoms with E-state index in [1.165, 1.54) is 5.56 Å². The van der Waals surface area contributed by atoms with Gasteiger partial charge < -0.3 is 9.64 Å². The number of urea groups is 1. The molecule has 1 saturated heterocycles. The third-order valence-electron chi connectivity index (χ3n) is 6.15. The summed E-state index contributed by atoms with van der Waals surface area (Å²) in [6.45, 7) is 5.66. The number of benzene rings is 3. The third-order valence-corrected chi connectivity index (χ3v) is 6.15. The normalized spacial score (nSPS) is 15.0. The number of carbonyl (C=O) groups excluding carboxylic acids is 3. The lowest BCUT2D eigenvalue weighted by atomic mass is 9.97. The predicted molar refractivity (Wildman–Crippen MR) is 131 cm³/mol. The molecule has 4 rings (SSSR count). The molecule has 1 heterocycles. The number of hydrogen-bond acceptors (Lipinski definition) is 4. The second kappa shape index (κ2) is 9.51. The van der Waals surface area contributed by atoms with E-state index >= 15 is 0 Å². The molecule has 0 saturated carbocycles. The van der Waals surface area contributed by atoms with E-state index in [1.54, 1.807) is 49.9 Å². The Morgan fingerprint density at radius 1 is 0.853 bits per heavy atom. The topological polar surface area (TPSA) is 66.9 Å². The first kappa shape index (κ1) is 23.2. The Morgan fingerprint density at radius 3 is 2.18 bits per heavy atom. The molecule has 0 bridgehead atoms. The molecule has 0 unspecified atom stereocenters. The fourth-order valence-electron chi connectivity index (χ4n) is 4.23. The number of esters is 1. The third kappa shape index (κ3) is 4.31. The van der Waals surface area contributed by atoms with Crippen molar-refractivity contribution >= 4 is 23.6 Å². The number of ether oxygens (including phenoxy) is 1. The first-order chi connectivity index (χ1) is 16.3. The van der Waals surface area contributed by atoms with Gasteiger partial charge in [-0.2, -0.15) is 0 Å². The van der Waals surface area contributed by atoms with Crippen LogP contribution in [0.1, 0.15) is 47.8 Å². The Balaban J connectivity index is 1.67. The zero-order valence-corrected chi connectivity index (χ0v) is 19.7. The highest BCUT2D eigenvalue weighted by atomic mass is 16.5. The lowest BCUT2D eigenvalue weighted by Gasteiger charge is -2.28. The van der Waals surface area contributed by atoms with Gasteiger partial charge in [0.15, 0.2) is 0 Å². The maximum absolute atomic E-state index is 13.6. The molecule has 6 heteroatoms. The first-order valence-corrected chi connectivity index (χ1v) is 11.4. The summed E-state index contributed by atoms with van der Waals surface area (Å²) in [7, 11) is 0. The standard InChI is InChI=1S/C28H28N2O4/c1-4-34-25(31)23-16-10-11-17-24(23)30-26(32)28(2,3)29(27(30)33)19-22-15-9-8-14-21(22)18-20-12-6-5-7-13-20/h5-17H,4,18-19H2,1-3H3. The van der Waals surface area contributed by atoms with E-state index in [1.807, 2.05) is 42.5 Å². The highest BCUT2D eigenvalue weighted by Gasteiger charge is 2.52. The van der Waals surface area contributed by atoms with Crippen LogP contribution in [0.4, 0.5) is 10.5 Å². The van der Waals surface area contributed by atoms with Gasteiger partial charge in [0.25, 0.3) is 5.91 Å². The van der Waals surface area contributed by atoms with Crippen LogP contribution in [0.3, 0.4) is 0 Å².